The van der Waals surface area contributed by atoms with Gasteiger partial charge in [-0.1, -0.05) is 11.6 Å². The van der Waals surface area contributed by atoms with Crippen LogP contribution in [0.3, 0.4) is 0 Å². The van der Waals surface area contributed by atoms with Crippen LogP contribution in [0, 0.1) is 6.92 Å². The number of hydrogen-bond acceptors (Lipinski definition) is 3. The van der Waals surface area contributed by atoms with E-state index in [2.05, 4.69) is 16.5 Å². The first-order valence-corrected chi connectivity index (χ1v) is 7.17. The Morgan fingerprint density at radius 2 is 2.26 bits per heavy atom. The van der Waals surface area contributed by atoms with Gasteiger partial charge in [-0.2, -0.15) is 5.10 Å². The van der Waals surface area contributed by atoms with Gasteiger partial charge >= 0.3 is 0 Å². The lowest BCUT2D eigenvalue weighted by molar-refractivity contribution is 0.368. The molecule has 0 bridgehead atoms. The predicted octanol–water partition coefficient (Wildman–Crippen LogP) is 2.72. The molecule has 0 radical (unpaired) electrons. The molecule has 1 aromatic heterocycles. The maximum Gasteiger partial charge on any atom is 0.216 e. The van der Waals surface area contributed by atoms with Gasteiger partial charge in [0.15, 0.2) is 0 Å². The molecule has 0 atom stereocenters. The highest BCUT2D eigenvalue weighted by atomic mass is 16.5. The molecule has 106 valence electrons. The van der Waals surface area contributed by atoms with Gasteiger partial charge < -0.3 is 10.1 Å². The molecule has 0 amide bonds. The summed E-state index contributed by atoms with van der Waals surface area (Å²) in [6.45, 7) is 3.89. The Labute approximate surface area is 115 Å². The molecule has 1 aromatic rings. The number of aromatic nitrogens is 2. The lowest BCUT2D eigenvalue weighted by atomic mass is 9.97. The van der Waals surface area contributed by atoms with Crippen molar-refractivity contribution in [1.82, 2.24) is 15.1 Å². The number of hydrogen-bond donors (Lipinski definition) is 1. The fourth-order valence-electron chi connectivity index (χ4n) is 2.73. The zero-order valence-electron chi connectivity index (χ0n) is 12.3. The maximum absolute atomic E-state index is 5.39. The Hall–Kier alpha value is -1.29. The number of methoxy groups -OCH3 is 1. The van der Waals surface area contributed by atoms with Crippen LogP contribution in [-0.2, 0) is 13.6 Å². The highest BCUT2D eigenvalue weighted by molar-refractivity contribution is 5.30. The van der Waals surface area contributed by atoms with E-state index in [4.69, 9.17) is 4.74 Å². The number of aryl methyl sites for hydroxylation is 2. The predicted molar refractivity (Wildman–Crippen MR) is 77.4 cm³/mol. The molecule has 0 aromatic carbocycles. The first-order valence-electron chi connectivity index (χ1n) is 7.17. The van der Waals surface area contributed by atoms with Crippen LogP contribution in [0.4, 0.5) is 0 Å². The standard InChI is InChI=1S/C15H25N3O/c1-12-14(15(19-3)18(2)17-12)11-16-10-9-13-7-5-4-6-8-13/h7,16H,4-6,8-11H2,1-3H3. The Morgan fingerprint density at radius 1 is 1.42 bits per heavy atom. The Balaban J connectivity index is 1.81. The summed E-state index contributed by atoms with van der Waals surface area (Å²) in [6, 6.07) is 0. The molecule has 1 N–H and O–H groups in total. The van der Waals surface area contributed by atoms with E-state index in [-0.39, 0.29) is 0 Å². The van der Waals surface area contributed by atoms with Gasteiger partial charge in [-0.25, -0.2) is 4.68 Å². The van der Waals surface area contributed by atoms with Crippen molar-refractivity contribution in [2.45, 2.75) is 45.6 Å². The van der Waals surface area contributed by atoms with Gasteiger partial charge in [-0.05, 0) is 45.6 Å². The van der Waals surface area contributed by atoms with Crippen molar-refractivity contribution in [3.05, 3.63) is 22.9 Å². The third-order valence-electron chi connectivity index (χ3n) is 3.79. The van der Waals surface area contributed by atoms with Crippen LogP contribution in [0.25, 0.3) is 0 Å². The topological polar surface area (TPSA) is 39.1 Å². The second-order valence-electron chi connectivity index (χ2n) is 5.23. The van der Waals surface area contributed by atoms with E-state index in [9.17, 15) is 0 Å². The molecular weight excluding hydrogens is 238 g/mol. The van der Waals surface area contributed by atoms with Crippen LogP contribution in [0.5, 0.6) is 5.88 Å². The van der Waals surface area contributed by atoms with Crippen LogP contribution in [0.15, 0.2) is 11.6 Å². The highest BCUT2D eigenvalue weighted by Gasteiger charge is 2.13. The van der Waals surface area contributed by atoms with Gasteiger partial charge in [-0.3, -0.25) is 0 Å². The van der Waals surface area contributed by atoms with Gasteiger partial charge in [0, 0.05) is 13.6 Å². The van der Waals surface area contributed by atoms with Crippen molar-refractivity contribution < 1.29 is 4.74 Å². The summed E-state index contributed by atoms with van der Waals surface area (Å²) in [5.41, 5.74) is 3.83. The second kappa shape index (κ2) is 6.75. The van der Waals surface area contributed by atoms with E-state index < -0.39 is 0 Å². The van der Waals surface area contributed by atoms with Gasteiger partial charge in [0.25, 0.3) is 0 Å². The first-order chi connectivity index (χ1) is 9.22. The van der Waals surface area contributed by atoms with Crippen molar-refractivity contribution in [1.29, 1.82) is 0 Å². The Kier molecular flexibility index (Phi) is 5.02. The van der Waals surface area contributed by atoms with Gasteiger partial charge in [0.05, 0.1) is 18.4 Å². The molecule has 4 heteroatoms. The molecule has 0 unspecified atom stereocenters. The average Bonchev–Trinajstić information content (AvgIpc) is 2.70. The van der Waals surface area contributed by atoms with E-state index in [1.807, 2.05) is 14.0 Å². The molecule has 0 saturated heterocycles. The van der Waals surface area contributed by atoms with Gasteiger partial charge in [-0.15, -0.1) is 0 Å². The minimum Gasteiger partial charge on any atom is -0.481 e. The van der Waals surface area contributed by atoms with Crippen molar-refractivity contribution in [2.75, 3.05) is 13.7 Å². The van der Waals surface area contributed by atoms with Gasteiger partial charge in [0.1, 0.15) is 0 Å². The molecule has 0 aliphatic heterocycles. The largest absolute Gasteiger partial charge is 0.481 e. The third kappa shape index (κ3) is 3.60. The summed E-state index contributed by atoms with van der Waals surface area (Å²) in [7, 11) is 3.62. The van der Waals surface area contributed by atoms with Crippen LogP contribution >= 0.6 is 0 Å². The van der Waals surface area contributed by atoms with Crippen LogP contribution in [0.1, 0.15) is 43.4 Å². The SMILES string of the molecule is COc1c(CNCCC2=CCCCC2)c(C)nn1C. The van der Waals surface area contributed by atoms with Crippen molar-refractivity contribution in [3.8, 4) is 5.88 Å². The van der Waals surface area contributed by atoms with Crippen LogP contribution in [0.2, 0.25) is 0 Å². The van der Waals surface area contributed by atoms with E-state index in [0.29, 0.717) is 0 Å². The number of nitrogens with one attached hydrogen (secondary N) is 1. The summed E-state index contributed by atoms with van der Waals surface area (Å²) >= 11 is 0. The third-order valence-corrected chi connectivity index (χ3v) is 3.79. The molecule has 1 aliphatic carbocycles. The summed E-state index contributed by atoms with van der Waals surface area (Å²) in [5, 5.41) is 7.89. The molecule has 2 rings (SSSR count). The van der Waals surface area contributed by atoms with Crippen molar-refractivity contribution >= 4 is 0 Å². The summed E-state index contributed by atoms with van der Waals surface area (Å²) < 4.78 is 7.19. The van der Waals surface area contributed by atoms with E-state index in [1.165, 1.54) is 37.7 Å². The molecule has 0 spiro atoms. The number of ether oxygens (including phenoxy) is 1. The average molecular weight is 263 g/mol. The summed E-state index contributed by atoms with van der Waals surface area (Å²) in [5.74, 6) is 0.863. The number of allylic oxidation sites excluding steroid dienone is 1. The normalized spacial score (nSPS) is 15.4. The molecule has 1 heterocycles. The molecular formula is C15H25N3O. The molecule has 0 fully saturated rings. The number of nitrogens with zero attached hydrogens (tertiary/aromatic N) is 2. The molecule has 0 saturated carbocycles. The molecule has 4 nitrogen and oxygen atoms in total. The van der Waals surface area contributed by atoms with Crippen LogP contribution < -0.4 is 10.1 Å². The van der Waals surface area contributed by atoms with E-state index in [0.717, 1.165) is 24.7 Å². The zero-order chi connectivity index (χ0) is 13.7. The number of rotatable bonds is 6. The lowest BCUT2D eigenvalue weighted by Gasteiger charge is -2.13. The fourth-order valence-corrected chi connectivity index (χ4v) is 2.73. The zero-order valence-corrected chi connectivity index (χ0v) is 12.3. The minimum atomic E-state index is 0.829. The molecule has 19 heavy (non-hydrogen) atoms. The first kappa shape index (κ1) is 14.1. The maximum atomic E-state index is 5.39. The van der Waals surface area contributed by atoms with E-state index >= 15 is 0 Å². The Morgan fingerprint density at radius 3 is 2.95 bits per heavy atom. The lowest BCUT2D eigenvalue weighted by Crippen LogP contribution is -2.16. The smallest absolute Gasteiger partial charge is 0.216 e. The summed E-state index contributed by atoms with van der Waals surface area (Å²) in [6.07, 6.45) is 8.87. The summed E-state index contributed by atoms with van der Waals surface area (Å²) in [4.78, 5) is 0. The monoisotopic (exact) mass is 263 g/mol. The molecule has 1 aliphatic rings. The van der Waals surface area contributed by atoms with E-state index in [1.54, 1.807) is 17.4 Å². The van der Waals surface area contributed by atoms with Crippen molar-refractivity contribution in [3.63, 3.8) is 0 Å². The van der Waals surface area contributed by atoms with Crippen molar-refractivity contribution in [2.24, 2.45) is 7.05 Å². The quantitative estimate of drug-likeness (QED) is 0.633. The van der Waals surface area contributed by atoms with Crippen LogP contribution in [-0.4, -0.2) is 23.4 Å². The Bertz CT molecular complexity index is 448. The fraction of sp³-hybridized carbons (Fsp3) is 0.667. The van der Waals surface area contributed by atoms with Gasteiger partial charge in [0.2, 0.25) is 5.88 Å². The second-order valence-corrected chi connectivity index (χ2v) is 5.23. The highest BCUT2D eigenvalue weighted by Crippen LogP contribution is 2.21. The minimum absolute atomic E-state index is 0.829.